The van der Waals surface area contributed by atoms with Crippen LogP contribution >= 0.6 is 11.3 Å². The van der Waals surface area contributed by atoms with Crippen molar-refractivity contribution < 1.29 is 14.3 Å². The van der Waals surface area contributed by atoms with Gasteiger partial charge in [0.15, 0.2) is 0 Å². The van der Waals surface area contributed by atoms with Gasteiger partial charge in [-0.2, -0.15) is 0 Å². The zero-order chi connectivity index (χ0) is 16.2. The number of hydrogen-bond donors (Lipinski definition) is 0. The fourth-order valence-corrected chi connectivity index (χ4v) is 2.86. The maximum Gasteiger partial charge on any atom is 0.337 e. The predicted molar refractivity (Wildman–Crippen MR) is 87.8 cm³/mol. The Balaban J connectivity index is 1.91. The van der Waals surface area contributed by atoms with Crippen molar-refractivity contribution >= 4 is 17.3 Å². The molecule has 5 heteroatoms. The number of rotatable bonds is 5. The zero-order valence-corrected chi connectivity index (χ0v) is 14.2. The summed E-state index contributed by atoms with van der Waals surface area (Å²) >= 11 is 1.66. The number of thiazole rings is 1. The molecular weight excluding hydrogens is 298 g/mol. The molecule has 2 rings (SSSR count). The molecule has 0 aliphatic heterocycles. The first kappa shape index (κ1) is 16.5. The Kier molecular flexibility index (Phi) is 5.19. The Morgan fingerprint density at radius 1 is 1.32 bits per heavy atom. The first-order valence-corrected chi connectivity index (χ1v) is 8.04. The number of carbonyl (C=O) groups is 1. The topological polar surface area (TPSA) is 48.4 Å². The largest absolute Gasteiger partial charge is 0.493 e. The molecule has 0 aliphatic rings. The summed E-state index contributed by atoms with van der Waals surface area (Å²) in [7, 11) is 1.37. The van der Waals surface area contributed by atoms with Crippen molar-refractivity contribution in [3.05, 3.63) is 45.9 Å². The highest BCUT2D eigenvalue weighted by Gasteiger charge is 2.17. The Morgan fingerprint density at radius 2 is 2.09 bits per heavy atom. The number of hydrogen-bond acceptors (Lipinski definition) is 5. The van der Waals surface area contributed by atoms with Crippen LogP contribution < -0.4 is 4.74 Å². The third kappa shape index (κ3) is 4.31. The molecule has 22 heavy (non-hydrogen) atoms. The Hall–Kier alpha value is -1.88. The standard InChI is InChI=1S/C17H21NO3S/c1-17(2,3)14-11-22-15(18-14)8-9-21-13-7-5-6-12(10-13)16(19)20-4/h5-7,10-11H,8-9H2,1-4H3. The van der Waals surface area contributed by atoms with E-state index in [-0.39, 0.29) is 11.4 Å². The maximum atomic E-state index is 11.5. The summed E-state index contributed by atoms with van der Waals surface area (Å²) in [5.74, 6) is 0.302. The van der Waals surface area contributed by atoms with E-state index < -0.39 is 0 Å². The van der Waals surface area contributed by atoms with Crippen LogP contribution in [0.1, 0.15) is 41.8 Å². The SMILES string of the molecule is COC(=O)c1cccc(OCCc2nc(C(C)(C)C)cs2)c1. The summed E-state index contributed by atoms with van der Waals surface area (Å²) in [6, 6.07) is 7.00. The van der Waals surface area contributed by atoms with Crippen molar-refractivity contribution in [1.82, 2.24) is 4.98 Å². The molecule has 0 bridgehead atoms. The van der Waals surface area contributed by atoms with Crippen LogP contribution in [-0.4, -0.2) is 24.7 Å². The molecule has 2 aromatic rings. The molecule has 118 valence electrons. The highest BCUT2D eigenvalue weighted by atomic mass is 32.1. The molecule has 1 heterocycles. The predicted octanol–water partition coefficient (Wildman–Crippen LogP) is 3.85. The van der Waals surface area contributed by atoms with E-state index in [0.29, 0.717) is 17.9 Å². The van der Waals surface area contributed by atoms with Gasteiger partial charge in [-0.25, -0.2) is 9.78 Å². The Labute approximate surface area is 135 Å². The maximum absolute atomic E-state index is 11.5. The van der Waals surface area contributed by atoms with E-state index in [0.717, 1.165) is 17.1 Å². The number of carbonyl (C=O) groups excluding carboxylic acids is 1. The highest BCUT2D eigenvalue weighted by molar-refractivity contribution is 7.09. The number of esters is 1. The van der Waals surface area contributed by atoms with E-state index in [2.05, 4.69) is 31.1 Å². The van der Waals surface area contributed by atoms with Crippen LogP contribution in [0.5, 0.6) is 5.75 Å². The zero-order valence-electron chi connectivity index (χ0n) is 13.4. The first-order chi connectivity index (χ1) is 10.4. The van der Waals surface area contributed by atoms with Gasteiger partial charge >= 0.3 is 5.97 Å². The lowest BCUT2D eigenvalue weighted by Gasteiger charge is -2.14. The van der Waals surface area contributed by atoms with Crippen LogP contribution in [0.25, 0.3) is 0 Å². The third-order valence-corrected chi connectivity index (χ3v) is 4.07. The fourth-order valence-electron chi connectivity index (χ4n) is 1.86. The number of ether oxygens (including phenoxy) is 2. The minimum Gasteiger partial charge on any atom is -0.493 e. The van der Waals surface area contributed by atoms with Crippen LogP contribution in [0, 0.1) is 0 Å². The van der Waals surface area contributed by atoms with Crippen LogP contribution in [0.2, 0.25) is 0 Å². The van der Waals surface area contributed by atoms with Crippen LogP contribution in [0.3, 0.4) is 0 Å². The molecule has 0 saturated heterocycles. The molecule has 0 aliphatic carbocycles. The van der Waals surface area contributed by atoms with Crippen molar-refractivity contribution in [1.29, 1.82) is 0 Å². The molecule has 0 radical (unpaired) electrons. The van der Waals surface area contributed by atoms with Gasteiger partial charge in [-0.05, 0) is 18.2 Å². The second-order valence-electron chi connectivity index (χ2n) is 5.99. The van der Waals surface area contributed by atoms with Gasteiger partial charge in [0.05, 0.1) is 30.0 Å². The van der Waals surface area contributed by atoms with Gasteiger partial charge in [0.1, 0.15) is 5.75 Å². The van der Waals surface area contributed by atoms with Crippen molar-refractivity contribution in [2.45, 2.75) is 32.6 Å². The number of methoxy groups -OCH3 is 1. The van der Waals surface area contributed by atoms with Gasteiger partial charge in [0, 0.05) is 17.2 Å². The third-order valence-electron chi connectivity index (χ3n) is 3.16. The minimum atomic E-state index is -0.361. The summed E-state index contributed by atoms with van der Waals surface area (Å²) < 4.78 is 10.4. The average molecular weight is 319 g/mol. The van der Waals surface area contributed by atoms with E-state index in [1.54, 1.807) is 29.5 Å². The molecule has 1 aromatic carbocycles. The molecule has 0 spiro atoms. The lowest BCUT2D eigenvalue weighted by Crippen LogP contribution is -2.11. The lowest BCUT2D eigenvalue weighted by molar-refractivity contribution is 0.0600. The van der Waals surface area contributed by atoms with Gasteiger partial charge < -0.3 is 9.47 Å². The molecule has 0 amide bonds. The average Bonchev–Trinajstić information content (AvgIpc) is 2.96. The van der Waals surface area contributed by atoms with Crippen LogP contribution in [-0.2, 0) is 16.6 Å². The van der Waals surface area contributed by atoms with Crippen molar-refractivity contribution in [3.63, 3.8) is 0 Å². The summed E-state index contributed by atoms with van der Waals surface area (Å²) in [5.41, 5.74) is 1.68. The number of nitrogens with zero attached hydrogens (tertiary/aromatic N) is 1. The van der Waals surface area contributed by atoms with Gasteiger partial charge in [-0.3, -0.25) is 0 Å². The molecule has 0 saturated carbocycles. The van der Waals surface area contributed by atoms with Crippen molar-refractivity contribution in [3.8, 4) is 5.75 Å². The van der Waals surface area contributed by atoms with E-state index in [9.17, 15) is 4.79 Å². The molecule has 0 atom stereocenters. The van der Waals surface area contributed by atoms with E-state index >= 15 is 0 Å². The van der Waals surface area contributed by atoms with Gasteiger partial charge in [-0.1, -0.05) is 26.8 Å². The summed E-state index contributed by atoms with van der Waals surface area (Å²) in [5, 5.41) is 3.17. The normalized spacial score (nSPS) is 11.3. The van der Waals surface area contributed by atoms with Crippen molar-refractivity contribution in [2.24, 2.45) is 0 Å². The van der Waals surface area contributed by atoms with Gasteiger partial charge in [0.2, 0.25) is 0 Å². The number of benzene rings is 1. The quantitative estimate of drug-likeness (QED) is 0.786. The lowest BCUT2D eigenvalue weighted by atomic mass is 9.93. The highest BCUT2D eigenvalue weighted by Crippen LogP contribution is 2.24. The fraction of sp³-hybridized carbons (Fsp3) is 0.412. The second-order valence-corrected chi connectivity index (χ2v) is 6.94. The van der Waals surface area contributed by atoms with E-state index in [1.165, 1.54) is 7.11 Å². The van der Waals surface area contributed by atoms with Gasteiger partial charge in [0.25, 0.3) is 0 Å². The Bertz CT molecular complexity index is 643. The van der Waals surface area contributed by atoms with Crippen molar-refractivity contribution in [2.75, 3.05) is 13.7 Å². The minimum absolute atomic E-state index is 0.0739. The van der Waals surface area contributed by atoms with E-state index in [1.807, 2.05) is 6.07 Å². The van der Waals surface area contributed by atoms with Crippen LogP contribution in [0.15, 0.2) is 29.6 Å². The summed E-state index contributed by atoms with van der Waals surface area (Å²) in [4.78, 5) is 16.1. The molecule has 4 nitrogen and oxygen atoms in total. The first-order valence-electron chi connectivity index (χ1n) is 7.16. The van der Waals surface area contributed by atoms with Crippen LogP contribution in [0.4, 0.5) is 0 Å². The van der Waals surface area contributed by atoms with Gasteiger partial charge in [-0.15, -0.1) is 11.3 Å². The molecule has 0 unspecified atom stereocenters. The monoisotopic (exact) mass is 319 g/mol. The molecule has 1 aromatic heterocycles. The van der Waals surface area contributed by atoms with E-state index in [4.69, 9.17) is 9.47 Å². The number of aromatic nitrogens is 1. The smallest absolute Gasteiger partial charge is 0.337 e. The Morgan fingerprint density at radius 3 is 2.73 bits per heavy atom. The summed E-state index contributed by atoms with van der Waals surface area (Å²) in [6.07, 6.45) is 0.753. The molecule has 0 N–H and O–H groups in total. The molecule has 0 fully saturated rings. The second kappa shape index (κ2) is 6.92. The summed E-state index contributed by atoms with van der Waals surface area (Å²) in [6.45, 7) is 6.99. The molecular formula is C17H21NO3S.